The maximum Gasteiger partial charge on any atom is 0.181 e. The molecule has 0 bridgehead atoms. The molecule has 0 aromatic rings. The molecule has 1 fully saturated rings. The Bertz CT molecular complexity index is 67.7. The summed E-state index contributed by atoms with van der Waals surface area (Å²) >= 11 is 0. The van der Waals surface area contributed by atoms with Crippen molar-refractivity contribution in [2.24, 2.45) is 0 Å². The highest BCUT2D eigenvalue weighted by molar-refractivity contribution is 4.73. The topological polar surface area (TPSA) is 47.9 Å². The molecule has 1 aliphatic heterocycles. The van der Waals surface area contributed by atoms with Crippen LogP contribution in [0.4, 0.5) is 4.39 Å². The number of alkyl halides is 1. The van der Waals surface area contributed by atoms with Crippen molar-refractivity contribution in [1.29, 1.82) is 0 Å². The van der Waals surface area contributed by atoms with Gasteiger partial charge >= 0.3 is 0 Å². The fourth-order valence-electron chi connectivity index (χ4n) is 0.659. The van der Waals surface area contributed by atoms with Gasteiger partial charge in [0.15, 0.2) is 6.30 Å². The molecule has 1 heterocycles. The molecule has 3 nitrogen and oxygen atoms in total. The van der Waals surface area contributed by atoms with Crippen LogP contribution in [-0.4, -0.2) is 25.6 Å². The Labute approximate surface area is 47.4 Å². The van der Waals surface area contributed by atoms with E-state index >= 15 is 0 Å². The molecule has 3 N–H and O–H groups in total. The molecule has 0 aromatic carbocycles. The quantitative estimate of drug-likeness (QED) is 0.404. The zero-order valence-electron chi connectivity index (χ0n) is 4.45. The maximum atomic E-state index is 12.2. The third kappa shape index (κ3) is 1.15. The minimum Gasteiger partial charge on any atom is -0.296 e. The first kappa shape index (κ1) is 5.94. The Hall–Kier alpha value is -0.190. The molecule has 1 radical (unpaired) electrons. The summed E-state index contributed by atoms with van der Waals surface area (Å²) in [5.41, 5.74) is 6.93. The molecule has 0 spiro atoms. The molecule has 1 aliphatic rings. The average molecular weight is 118 g/mol. The number of hydrogen-bond acceptors (Lipinski definition) is 2. The van der Waals surface area contributed by atoms with Crippen molar-refractivity contribution in [1.82, 2.24) is 16.4 Å². The second kappa shape index (κ2) is 2.39. The molecule has 8 heavy (non-hydrogen) atoms. The van der Waals surface area contributed by atoms with E-state index in [1.54, 1.807) is 0 Å². The van der Waals surface area contributed by atoms with E-state index in [1.807, 2.05) is 0 Å². The Morgan fingerprint density at radius 2 is 2.00 bits per heavy atom. The maximum absolute atomic E-state index is 12.2. The van der Waals surface area contributed by atoms with Crippen molar-refractivity contribution >= 4 is 0 Å². The summed E-state index contributed by atoms with van der Waals surface area (Å²) in [6.07, 6.45) is -1.97. The molecule has 47 valence electrons. The third-order valence-electron chi connectivity index (χ3n) is 1.12. The van der Waals surface area contributed by atoms with Crippen LogP contribution in [0.5, 0.6) is 0 Å². The molecule has 0 aliphatic carbocycles. The molecule has 0 amide bonds. The van der Waals surface area contributed by atoms with Crippen LogP contribution >= 0.6 is 0 Å². The van der Waals surface area contributed by atoms with Gasteiger partial charge in [0.1, 0.15) is 6.17 Å². The number of nitrogens with one attached hydrogen (secondary N) is 3. The highest BCUT2D eigenvalue weighted by Gasteiger charge is 2.19. The molecule has 0 saturated carbocycles. The van der Waals surface area contributed by atoms with Gasteiger partial charge in [0.05, 0.1) is 0 Å². The van der Waals surface area contributed by atoms with E-state index in [-0.39, 0.29) is 0 Å². The normalized spacial score (nSPS) is 39.8. The van der Waals surface area contributed by atoms with Gasteiger partial charge in [-0.05, 0) is 0 Å². The number of hydrogen-bond donors (Lipinski definition) is 2. The van der Waals surface area contributed by atoms with Crippen molar-refractivity contribution in [3.05, 3.63) is 0 Å². The van der Waals surface area contributed by atoms with Crippen LogP contribution in [0.25, 0.3) is 0 Å². The van der Waals surface area contributed by atoms with Gasteiger partial charge in [0.2, 0.25) is 0 Å². The van der Waals surface area contributed by atoms with Gasteiger partial charge in [-0.2, -0.15) is 0 Å². The number of piperazine rings is 1. The molecule has 0 aromatic heterocycles. The van der Waals surface area contributed by atoms with Crippen LogP contribution in [0.3, 0.4) is 0 Å². The molecule has 2 atom stereocenters. The molecule has 2 unspecified atom stereocenters. The lowest BCUT2D eigenvalue weighted by molar-refractivity contribution is 0.174. The van der Waals surface area contributed by atoms with E-state index in [0.29, 0.717) is 13.1 Å². The van der Waals surface area contributed by atoms with Crippen molar-refractivity contribution in [2.45, 2.75) is 12.5 Å². The summed E-state index contributed by atoms with van der Waals surface area (Å²) in [6, 6.07) is 0. The molecule has 1 saturated heterocycles. The van der Waals surface area contributed by atoms with Crippen LogP contribution < -0.4 is 16.4 Å². The zero-order chi connectivity index (χ0) is 5.98. The van der Waals surface area contributed by atoms with Crippen molar-refractivity contribution in [2.75, 3.05) is 13.1 Å². The molecular weight excluding hydrogens is 109 g/mol. The lowest BCUT2D eigenvalue weighted by Crippen LogP contribution is -2.54. The Morgan fingerprint density at radius 1 is 1.38 bits per heavy atom. The summed E-state index contributed by atoms with van der Waals surface area (Å²) in [6.45, 7) is 1.31. The summed E-state index contributed by atoms with van der Waals surface area (Å²) < 4.78 is 12.2. The van der Waals surface area contributed by atoms with Crippen LogP contribution in [0, 0.1) is 0 Å². The smallest absolute Gasteiger partial charge is 0.181 e. The molecular formula is C4H9FN3. The Kier molecular flexibility index (Phi) is 1.77. The van der Waals surface area contributed by atoms with Gasteiger partial charge < -0.3 is 0 Å². The highest BCUT2D eigenvalue weighted by Crippen LogP contribution is 1.92. The molecule has 4 heteroatoms. The fraction of sp³-hybridized carbons (Fsp3) is 1.00. The summed E-state index contributed by atoms with van der Waals surface area (Å²) in [7, 11) is 0. The second-order valence-electron chi connectivity index (χ2n) is 1.79. The van der Waals surface area contributed by atoms with Crippen molar-refractivity contribution in [3.8, 4) is 0 Å². The van der Waals surface area contributed by atoms with Crippen LogP contribution in [0.1, 0.15) is 0 Å². The van der Waals surface area contributed by atoms with E-state index < -0.39 is 12.5 Å². The van der Waals surface area contributed by atoms with Gasteiger partial charge in [0, 0.05) is 13.1 Å². The Balaban J connectivity index is 2.28. The van der Waals surface area contributed by atoms with Crippen LogP contribution in [0.15, 0.2) is 0 Å². The summed E-state index contributed by atoms with van der Waals surface area (Å²) in [4.78, 5) is 0. The van der Waals surface area contributed by atoms with Crippen LogP contribution in [0.2, 0.25) is 0 Å². The minimum absolute atomic E-state index is 0.622. The monoisotopic (exact) mass is 118 g/mol. The van der Waals surface area contributed by atoms with E-state index in [2.05, 4.69) is 10.6 Å². The second-order valence-corrected chi connectivity index (χ2v) is 1.79. The largest absolute Gasteiger partial charge is 0.296 e. The first-order valence-electron chi connectivity index (χ1n) is 2.62. The summed E-state index contributed by atoms with van der Waals surface area (Å²) in [5, 5.41) is 5.18. The fourth-order valence-corrected chi connectivity index (χ4v) is 0.659. The van der Waals surface area contributed by atoms with Crippen molar-refractivity contribution in [3.63, 3.8) is 0 Å². The van der Waals surface area contributed by atoms with Crippen molar-refractivity contribution < 1.29 is 4.39 Å². The van der Waals surface area contributed by atoms with Gasteiger partial charge in [-0.1, -0.05) is 0 Å². The first-order valence-corrected chi connectivity index (χ1v) is 2.62. The van der Waals surface area contributed by atoms with E-state index in [4.69, 9.17) is 5.73 Å². The van der Waals surface area contributed by atoms with Gasteiger partial charge in [-0.25, -0.2) is 10.1 Å². The van der Waals surface area contributed by atoms with Gasteiger partial charge in [-0.15, -0.1) is 0 Å². The number of rotatable bonds is 0. The average Bonchev–Trinajstić information content (AvgIpc) is 1.77. The first-order chi connectivity index (χ1) is 3.80. The Morgan fingerprint density at radius 3 is 2.38 bits per heavy atom. The predicted molar refractivity (Wildman–Crippen MR) is 27.8 cm³/mol. The molecule has 1 rings (SSSR count). The van der Waals surface area contributed by atoms with Gasteiger partial charge in [-0.3, -0.25) is 10.6 Å². The van der Waals surface area contributed by atoms with Crippen LogP contribution in [-0.2, 0) is 0 Å². The minimum atomic E-state index is -1.19. The summed E-state index contributed by atoms with van der Waals surface area (Å²) in [5.74, 6) is 0. The van der Waals surface area contributed by atoms with Gasteiger partial charge in [0.25, 0.3) is 0 Å². The lowest BCUT2D eigenvalue weighted by atomic mass is 10.3. The SMILES string of the molecule is [NH]C1NCCNC1F. The zero-order valence-corrected chi connectivity index (χ0v) is 4.45. The van der Waals surface area contributed by atoms with E-state index in [0.717, 1.165) is 0 Å². The highest BCUT2D eigenvalue weighted by atomic mass is 19.1. The van der Waals surface area contributed by atoms with E-state index in [1.165, 1.54) is 0 Å². The standard InChI is InChI=1S/C4H9FN3/c5-3-4(6)8-2-1-7-3/h3-4,6-8H,1-2H2. The predicted octanol–water partition coefficient (Wildman–Crippen LogP) is -0.916. The third-order valence-corrected chi connectivity index (χ3v) is 1.12. The number of halogens is 1. The van der Waals surface area contributed by atoms with E-state index in [9.17, 15) is 4.39 Å². The lowest BCUT2D eigenvalue weighted by Gasteiger charge is -2.23.